The van der Waals surface area contributed by atoms with Crippen LogP contribution in [-0.2, 0) is 0 Å². The van der Waals surface area contributed by atoms with Crippen LogP contribution in [0.25, 0.3) is 0 Å². The summed E-state index contributed by atoms with van der Waals surface area (Å²) in [6, 6.07) is 0. The first-order chi connectivity index (χ1) is 9.27. The van der Waals surface area contributed by atoms with E-state index in [9.17, 15) is 19.7 Å². The van der Waals surface area contributed by atoms with Crippen LogP contribution in [0.5, 0.6) is 0 Å². The number of rotatable bonds is 3. The molecule has 0 aromatic rings. The molecule has 0 aromatic heterocycles. The van der Waals surface area contributed by atoms with Crippen molar-refractivity contribution in [3.05, 3.63) is 0 Å². The zero-order chi connectivity index (χ0) is 14.9. The monoisotopic (exact) mass is 289 g/mol. The molecule has 1 heterocycles. The summed E-state index contributed by atoms with van der Waals surface area (Å²) < 4.78 is 13.9. The standard InChI is InChI=1S/C15H28FNO3/c1-15(2,16)11-5-3-10(4-6-11)7-17-8-12(18)14(20)13(19)9-17/h10-14,18-20H,3-9H2,1-2H3/t10?,11?,12-,13+,14?. The van der Waals surface area contributed by atoms with Crippen molar-refractivity contribution in [1.82, 2.24) is 4.90 Å². The Morgan fingerprint density at radius 1 is 1.00 bits per heavy atom. The van der Waals surface area contributed by atoms with Crippen molar-refractivity contribution in [1.29, 1.82) is 0 Å². The third kappa shape index (κ3) is 3.91. The number of likely N-dealkylation sites (tertiary alicyclic amines) is 1. The number of aliphatic hydroxyl groups is 3. The Labute approximate surface area is 120 Å². The van der Waals surface area contributed by atoms with Gasteiger partial charge in [-0.25, -0.2) is 4.39 Å². The summed E-state index contributed by atoms with van der Waals surface area (Å²) in [7, 11) is 0. The van der Waals surface area contributed by atoms with Gasteiger partial charge in [0.1, 0.15) is 11.8 Å². The van der Waals surface area contributed by atoms with Gasteiger partial charge in [-0.05, 0) is 51.4 Å². The first-order valence-corrected chi connectivity index (χ1v) is 7.73. The fourth-order valence-corrected chi connectivity index (χ4v) is 3.62. The lowest BCUT2D eigenvalue weighted by Gasteiger charge is -2.40. The molecule has 1 aliphatic carbocycles. The van der Waals surface area contributed by atoms with Crippen LogP contribution in [0.15, 0.2) is 0 Å². The normalized spacial score (nSPS) is 40.8. The number of piperidine rings is 1. The summed E-state index contributed by atoms with van der Waals surface area (Å²) >= 11 is 0. The van der Waals surface area contributed by atoms with Crippen molar-refractivity contribution in [3.63, 3.8) is 0 Å². The molecule has 0 amide bonds. The molecule has 1 saturated heterocycles. The zero-order valence-electron chi connectivity index (χ0n) is 12.5. The fourth-order valence-electron chi connectivity index (χ4n) is 3.62. The number of halogens is 1. The molecule has 0 radical (unpaired) electrons. The van der Waals surface area contributed by atoms with Gasteiger partial charge in [0, 0.05) is 19.6 Å². The molecule has 20 heavy (non-hydrogen) atoms. The van der Waals surface area contributed by atoms with Gasteiger partial charge in [-0.1, -0.05) is 0 Å². The molecule has 4 nitrogen and oxygen atoms in total. The molecule has 1 unspecified atom stereocenters. The van der Waals surface area contributed by atoms with Crippen LogP contribution < -0.4 is 0 Å². The minimum Gasteiger partial charge on any atom is -0.389 e. The second kappa shape index (κ2) is 6.26. The van der Waals surface area contributed by atoms with Gasteiger partial charge in [0.15, 0.2) is 0 Å². The van der Waals surface area contributed by atoms with Crippen molar-refractivity contribution in [2.75, 3.05) is 19.6 Å². The molecule has 2 aliphatic rings. The van der Waals surface area contributed by atoms with Gasteiger partial charge in [0.2, 0.25) is 0 Å². The van der Waals surface area contributed by atoms with Gasteiger partial charge < -0.3 is 15.3 Å². The quantitative estimate of drug-likeness (QED) is 0.723. The Bertz CT molecular complexity index is 301. The summed E-state index contributed by atoms with van der Waals surface area (Å²) in [5.74, 6) is 0.654. The highest BCUT2D eigenvalue weighted by atomic mass is 19.1. The maximum atomic E-state index is 13.9. The van der Waals surface area contributed by atoms with Gasteiger partial charge in [-0.15, -0.1) is 0 Å². The van der Waals surface area contributed by atoms with Gasteiger partial charge >= 0.3 is 0 Å². The van der Waals surface area contributed by atoms with Gasteiger partial charge in [-0.3, -0.25) is 4.90 Å². The van der Waals surface area contributed by atoms with Crippen molar-refractivity contribution in [3.8, 4) is 0 Å². The van der Waals surface area contributed by atoms with Crippen LogP contribution >= 0.6 is 0 Å². The van der Waals surface area contributed by atoms with Crippen LogP contribution in [0.1, 0.15) is 39.5 Å². The highest BCUT2D eigenvalue weighted by molar-refractivity contribution is 4.89. The minimum atomic E-state index is -1.09. The second-order valence-corrected chi connectivity index (χ2v) is 7.13. The van der Waals surface area contributed by atoms with Gasteiger partial charge in [-0.2, -0.15) is 0 Å². The van der Waals surface area contributed by atoms with E-state index in [0.717, 1.165) is 32.2 Å². The zero-order valence-corrected chi connectivity index (χ0v) is 12.5. The van der Waals surface area contributed by atoms with Crippen LogP contribution in [0.3, 0.4) is 0 Å². The van der Waals surface area contributed by atoms with Crippen molar-refractivity contribution in [2.24, 2.45) is 11.8 Å². The molecule has 1 saturated carbocycles. The SMILES string of the molecule is CC(C)(F)C1CCC(CN2C[C@@H](O)C(O)[C@@H](O)C2)CC1. The third-order valence-electron chi connectivity index (χ3n) is 5.01. The number of aliphatic hydroxyl groups excluding tert-OH is 3. The number of alkyl halides is 1. The average Bonchev–Trinajstić information content (AvgIpc) is 2.35. The van der Waals surface area contributed by atoms with Crippen LogP contribution in [0.4, 0.5) is 4.39 Å². The Morgan fingerprint density at radius 3 is 1.95 bits per heavy atom. The highest BCUT2D eigenvalue weighted by Gasteiger charge is 2.36. The molecule has 3 N–H and O–H groups in total. The first kappa shape index (κ1) is 16.1. The Morgan fingerprint density at radius 2 is 1.50 bits per heavy atom. The smallest absolute Gasteiger partial charge is 0.108 e. The summed E-state index contributed by atoms with van der Waals surface area (Å²) in [4.78, 5) is 2.02. The largest absolute Gasteiger partial charge is 0.389 e. The molecule has 0 aromatic carbocycles. The van der Waals surface area contributed by atoms with Crippen molar-refractivity contribution in [2.45, 2.75) is 63.5 Å². The highest BCUT2D eigenvalue weighted by Crippen LogP contribution is 2.37. The molecular weight excluding hydrogens is 261 g/mol. The van der Waals surface area contributed by atoms with E-state index in [-0.39, 0.29) is 5.92 Å². The first-order valence-electron chi connectivity index (χ1n) is 7.73. The number of hydrogen-bond acceptors (Lipinski definition) is 4. The molecule has 1 aliphatic heterocycles. The Balaban J connectivity index is 1.78. The van der Waals surface area contributed by atoms with E-state index in [2.05, 4.69) is 0 Å². The summed E-state index contributed by atoms with van der Waals surface area (Å²) in [5, 5.41) is 28.9. The molecule has 0 spiro atoms. The summed E-state index contributed by atoms with van der Waals surface area (Å²) in [6.07, 6.45) is 1.05. The molecule has 118 valence electrons. The molecule has 2 fully saturated rings. The van der Waals surface area contributed by atoms with Crippen molar-refractivity contribution >= 4 is 0 Å². The third-order valence-corrected chi connectivity index (χ3v) is 5.01. The predicted octanol–water partition coefficient (Wildman–Crippen LogP) is 0.939. The minimum absolute atomic E-state index is 0.151. The molecule has 5 heteroatoms. The van der Waals surface area contributed by atoms with E-state index >= 15 is 0 Å². The van der Waals surface area contributed by atoms with E-state index in [1.54, 1.807) is 13.8 Å². The van der Waals surface area contributed by atoms with Crippen LogP contribution in [-0.4, -0.2) is 63.8 Å². The molecule has 0 bridgehead atoms. The fraction of sp³-hybridized carbons (Fsp3) is 1.00. The predicted molar refractivity (Wildman–Crippen MR) is 75.1 cm³/mol. The number of β-amino-alcohol motifs (C(OH)–C–C–N with tert-alkyl or cyclic N) is 2. The maximum absolute atomic E-state index is 13.9. The van der Waals surface area contributed by atoms with Gasteiger partial charge in [0.25, 0.3) is 0 Å². The van der Waals surface area contributed by atoms with Crippen molar-refractivity contribution < 1.29 is 19.7 Å². The van der Waals surface area contributed by atoms with E-state index in [1.165, 1.54) is 0 Å². The second-order valence-electron chi connectivity index (χ2n) is 7.13. The van der Waals surface area contributed by atoms with E-state index in [4.69, 9.17) is 0 Å². The van der Waals surface area contributed by atoms with Crippen LogP contribution in [0.2, 0.25) is 0 Å². The van der Waals surface area contributed by atoms with E-state index in [1.807, 2.05) is 4.90 Å². The number of nitrogens with zero attached hydrogens (tertiary/aromatic N) is 1. The lowest BCUT2D eigenvalue weighted by atomic mass is 9.75. The topological polar surface area (TPSA) is 63.9 Å². The Kier molecular flexibility index (Phi) is 5.05. The average molecular weight is 289 g/mol. The molecule has 3 atom stereocenters. The maximum Gasteiger partial charge on any atom is 0.108 e. The van der Waals surface area contributed by atoms with Gasteiger partial charge in [0.05, 0.1) is 12.2 Å². The lowest BCUT2D eigenvalue weighted by Crippen LogP contribution is -2.56. The number of hydrogen-bond donors (Lipinski definition) is 3. The Hall–Kier alpha value is -0.230. The summed E-state index contributed by atoms with van der Waals surface area (Å²) in [5.41, 5.74) is -1.09. The molecular formula is C15H28FNO3. The van der Waals surface area contributed by atoms with E-state index < -0.39 is 24.0 Å². The summed E-state index contributed by atoms with van der Waals surface area (Å²) in [6.45, 7) is 4.97. The van der Waals surface area contributed by atoms with Crippen LogP contribution in [0, 0.1) is 11.8 Å². The lowest BCUT2D eigenvalue weighted by molar-refractivity contribution is -0.112. The molecule has 2 rings (SSSR count). The van der Waals surface area contributed by atoms with E-state index in [0.29, 0.717) is 19.0 Å².